The topological polar surface area (TPSA) is 47.7 Å². The minimum Gasteiger partial charge on any atom is -0.338 e. The van der Waals surface area contributed by atoms with Crippen LogP contribution in [0.1, 0.15) is 23.3 Å². The van der Waals surface area contributed by atoms with Gasteiger partial charge >= 0.3 is 0 Å². The molecule has 2 aromatic rings. The van der Waals surface area contributed by atoms with E-state index in [9.17, 15) is 0 Å². The number of nitrogens with one attached hydrogen (secondary N) is 1. The van der Waals surface area contributed by atoms with Crippen LogP contribution in [0.3, 0.4) is 0 Å². The fourth-order valence-electron chi connectivity index (χ4n) is 2.09. The first-order chi connectivity index (χ1) is 8.11. The van der Waals surface area contributed by atoms with Gasteiger partial charge in [0.25, 0.3) is 0 Å². The van der Waals surface area contributed by atoms with E-state index in [2.05, 4.69) is 21.5 Å². The van der Waals surface area contributed by atoms with Crippen molar-refractivity contribution < 1.29 is 0 Å². The second-order valence-electron chi connectivity index (χ2n) is 4.33. The van der Waals surface area contributed by atoms with Gasteiger partial charge in [0.2, 0.25) is 0 Å². The van der Waals surface area contributed by atoms with Crippen LogP contribution < -0.4 is 5.32 Å². The minimum absolute atomic E-state index is 0.238. The molecule has 0 radical (unpaired) electrons. The van der Waals surface area contributed by atoms with Gasteiger partial charge in [-0.25, -0.2) is 4.98 Å². The number of aryl methyl sites for hydroxylation is 3. The van der Waals surface area contributed by atoms with Crippen LogP contribution in [-0.4, -0.2) is 26.4 Å². The minimum atomic E-state index is 0.238. The fraction of sp³-hybridized carbons (Fsp3) is 0.500. The molecule has 1 unspecified atom stereocenters. The average Bonchev–Trinajstić information content (AvgIpc) is 2.82. The van der Waals surface area contributed by atoms with Crippen LogP contribution in [0.5, 0.6) is 0 Å². The third-order valence-electron chi connectivity index (χ3n) is 3.05. The van der Waals surface area contributed by atoms with Crippen molar-refractivity contribution in [2.75, 3.05) is 7.05 Å². The maximum absolute atomic E-state index is 4.38. The molecule has 92 valence electrons. The predicted octanol–water partition coefficient (Wildman–Crippen LogP) is 0.965. The highest BCUT2D eigenvalue weighted by molar-refractivity contribution is 5.14. The van der Waals surface area contributed by atoms with Crippen molar-refractivity contribution in [2.24, 2.45) is 14.1 Å². The van der Waals surface area contributed by atoms with E-state index in [4.69, 9.17) is 0 Å². The van der Waals surface area contributed by atoms with Crippen molar-refractivity contribution in [3.05, 3.63) is 35.7 Å². The van der Waals surface area contributed by atoms with E-state index < -0.39 is 0 Å². The van der Waals surface area contributed by atoms with Gasteiger partial charge in [0.05, 0.1) is 17.4 Å². The molecule has 0 saturated carbocycles. The molecule has 0 spiro atoms. The fourth-order valence-corrected chi connectivity index (χ4v) is 2.09. The third kappa shape index (κ3) is 2.39. The summed E-state index contributed by atoms with van der Waals surface area (Å²) >= 11 is 0. The first kappa shape index (κ1) is 11.9. The molecular formula is C12H19N5. The zero-order chi connectivity index (χ0) is 12.4. The molecule has 2 rings (SSSR count). The lowest BCUT2D eigenvalue weighted by atomic mass is 10.1. The van der Waals surface area contributed by atoms with Gasteiger partial charge in [-0.3, -0.25) is 4.68 Å². The van der Waals surface area contributed by atoms with Crippen LogP contribution in [0.25, 0.3) is 0 Å². The van der Waals surface area contributed by atoms with Crippen LogP contribution in [0, 0.1) is 6.92 Å². The quantitative estimate of drug-likeness (QED) is 0.856. The second-order valence-corrected chi connectivity index (χ2v) is 4.33. The molecular weight excluding hydrogens is 214 g/mol. The molecule has 0 aliphatic carbocycles. The van der Waals surface area contributed by atoms with Crippen LogP contribution in [0.4, 0.5) is 0 Å². The molecule has 5 nitrogen and oxygen atoms in total. The Hall–Kier alpha value is -1.62. The number of hydrogen-bond donors (Lipinski definition) is 1. The normalized spacial score (nSPS) is 12.9. The van der Waals surface area contributed by atoms with Crippen LogP contribution in [0.2, 0.25) is 0 Å². The number of nitrogens with zero attached hydrogens (tertiary/aromatic N) is 4. The summed E-state index contributed by atoms with van der Waals surface area (Å²) in [6.45, 7) is 2.01. The van der Waals surface area contributed by atoms with E-state index in [0.717, 1.165) is 17.9 Å². The number of imidazole rings is 1. The third-order valence-corrected chi connectivity index (χ3v) is 3.05. The monoisotopic (exact) mass is 233 g/mol. The molecule has 0 aliphatic heterocycles. The van der Waals surface area contributed by atoms with Crippen LogP contribution in [0.15, 0.2) is 18.5 Å². The van der Waals surface area contributed by atoms with Gasteiger partial charge in [0.1, 0.15) is 5.82 Å². The number of likely N-dealkylation sites (N-methyl/N-ethyl adjacent to an activating group) is 1. The van der Waals surface area contributed by atoms with Crippen molar-refractivity contribution in [1.29, 1.82) is 0 Å². The van der Waals surface area contributed by atoms with E-state index in [1.807, 2.05) is 49.7 Å². The zero-order valence-electron chi connectivity index (χ0n) is 10.8. The van der Waals surface area contributed by atoms with E-state index in [0.29, 0.717) is 0 Å². The van der Waals surface area contributed by atoms with Gasteiger partial charge in [-0.05, 0) is 20.0 Å². The Balaban J connectivity index is 2.23. The van der Waals surface area contributed by atoms with Crippen molar-refractivity contribution in [3.63, 3.8) is 0 Å². The summed E-state index contributed by atoms with van der Waals surface area (Å²) in [5.41, 5.74) is 2.23. The summed E-state index contributed by atoms with van der Waals surface area (Å²) in [5.74, 6) is 1.07. The molecule has 1 N–H and O–H groups in total. The van der Waals surface area contributed by atoms with Crippen molar-refractivity contribution in [1.82, 2.24) is 24.6 Å². The summed E-state index contributed by atoms with van der Waals surface area (Å²) in [4.78, 5) is 4.36. The molecule has 2 heterocycles. The standard InChI is InChI=1S/C12H19N5/c1-9-7-11(17(4)15-9)10(13-2)8-12-14-5-6-16(12)3/h5-7,10,13H,8H2,1-4H3. The number of hydrogen-bond acceptors (Lipinski definition) is 3. The number of aromatic nitrogens is 4. The highest BCUT2D eigenvalue weighted by Crippen LogP contribution is 2.17. The molecule has 17 heavy (non-hydrogen) atoms. The lowest BCUT2D eigenvalue weighted by Crippen LogP contribution is -2.22. The zero-order valence-corrected chi connectivity index (χ0v) is 10.8. The molecule has 0 saturated heterocycles. The Labute approximate surface area is 101 Å². The number of rotatable bonds is 4. The first-order valence-corrected chi connectivity index (χ1v) is 5.76. The van der Waals surface area contributed by atoms with E-state index >= 15 is 0 Å². The molecule has 0 aliphatic rings. The smallest absolute Gasteiger partial charge is 0.110 e. The highest BCUT2D eigenvalue weighted by Gasteiger charge is 2.16. The van der Waals surface area contributed by atoms with E-state index in [-0.39, 0.29) is 6.04 Å². The van der Waals surface area contributed by atoms with Gasteiger partial charge in [-0.15, -0.1) is 0 Å². The lowest BCUT2D eigenvalue weighted by molar-refractivity contribution is 0.519. The summed E-state index contributed by atoms with van der Waals surface area (Å²) in [7, 11) is 5.96. The highest BCUT2D eigenvalue weighted by atomic mass is 15.3. The maximum atomic E-state index is 4.38. The molecule has 5 heteroatoms. The van der Waals surface area contributed by atoms with Crippen molar-refractivity contribution in [2.45, 2.75) is 19.4 Å². The van der Waals surface area contributed by atoms with Crippen LogP contribution >= 0.6 is 0 Å². The molecule has 2 aromatic heterocycles. The predicted molar refractivity (Wildman–Crippen MR) is 66.7 cm³/mol. The van der Waals surface area contributed by atoms with Gasteiger partial charge in [0.15, 0.2) is 0 Å². The second kappa shape index (κ2) is 4.71. The molecule has 0 amide bonds. The maximum Gasteiger partial charge on any atom is 0.110 e. The molecule has 1 atom stereocenters. The van der Waals surface area contributed by atoms with Gasteiger partial charge in [-0.1, -0.05) is 0 Å². The molecule has 0 bridgehead atoms. The SMILES string of the molecule is CNC(Cc1nccn1C)c1cc(C)nn1C. The summed E-state index contributed by atoms with van der Waals surface area (Å²) < 4.78 is 3.98. The van der Waals surface area contributed by atoms with E-state index in [1.165, 1.54) is 5.69 Å². The Morgan fingerprint density at radius 2 is 2.18 bits per heavy atom. The summed E-state index contributed by atoms with van der Waals surface area (Å²) in [6, 6.07) is 2.35. The first-order valence-electron chi connectivity index (χ1n) is 5.76. The Kier molecular flexibility index (Phi) is 3.28. The Morgan fingerprint density at radius 1 is 1.41 bits per heavy atom. The van der Waals surface area contributed by atoms with Gasteiger partial charge in [0, 0.05) is 32.9 Å². The Bertz CT molecular complexity index is 497. The molecule has 0 fully saturated rings. The largest absolute Gasteiger partial charge is 0.338 e. The average molecular weight is 233 g/mol. The summed E-state index contributed by atoms with van der Waals surface area (Å²) in [6.07, 6.45) is 4.66. The van der Waals surface area contributed by atoms with Crippen LogP contribution in [-0.2, 0) is 20.5 Å². The van der Waals surface area contributed by atoms with E-state index in [1.54, 1.807) is 0 Å². The van der Waals surface area contributed by atoms with Crippen molar-refractivity contribution >= 4 is 0 Å². The lowest BCUT2D eigenvalue weighted by Gasteiger charge is -2.16. The van der Waals surface area contributed by atoms with Gasteiger partial charge < -0.3 is 9.88 Å². The Morgan fingerprint density at radius 3 is 2.65 bits per heavy atom. The van der Waals surface area contributed by atoms with Gasteiger partial charge in [-0.2, -0.15) is 5.10 Å². The molecule has 0 aromatic carbocycles. The van der Waals surface area contributed by atoms with Crippen molar-refractivity contribution in [3.8, 4) is 0 Å². The summed E-state index contributed by atoms with van der Waals surface area (Å²) in [5, 5.41) is 7.70.